The quantitative estimate of drug-likeness (QED) is 0.0670. The number of amides is 3. The number of carbonyl (C=O) groups excluding carboxylic acids is 4. The maximum Gasteiger partial charge on any atom is 0.272 e. The Balaban J connectivity index is 1.19. The first-order chi connectivity index (χ1) is 24.8. The van der Waals surface area contributed by atoms with Crippen LogP contribution in [0, 0.1) is 0 Å². The van der Waals surface area contributed by atoms with Crippen molar-refractivity contribution in [3.05, 3.63) is 180 Å². The van der Waals surface area contributed by atoms with Crippen LogP contribution in [0.4, 0.5) is 11.4 Å². The van der Waals surface area contributed by atoms with Crippen molar-refractivity contribution in [3.63, 3.8) is 0 Å². The number of Topliss-reactive ketones (excluding diaryl/α,β-unsaturated/α-hetero) is 1. The second-order valence-corrected chi connectivity index (χ2v) is 12.6. The van der Waals surface area contributed by atoms with E-state index < -0.39 is 17.1 Å². The van der Waals surface area contributed by atoms with E-state index in [-0.39, 0.29) is 17.4 Å². The number of hydrogen-bond acceptors (Lipinski definition) is 6. The summed E-state index contributed by atoms with van der Waals surface area (Å²) in [7, 11) is 0. The molecular formula is C42H33N3O5S. The molecule has 8 nitrogen and oxygen atoms in total. The van der Waals surface area contributed by atoms with Crippen molar-refractivity contribution in [2.24, 2.45) is 0 Å². The molecule has 0 saturated carbocycles. The molecule has 0 fully saturated rings. The van der Waals surface area contributed by atoms with Crippen molar-refractivity contribution in [1.82, 2.24) is 5.32 Å². The van der Waals surface area contributed by atoms with Gasteiger partial charge in [0.15, 0.2) is 5.78 Å². The average molecular weight is 692 g/mol. The number of rotatable bonds is 12. The Hall–Kier alpha value is -6.45. The lowest BCUT2D eigenvalue weighted by molar-refractivity contribution is -0.116. The fourth-order valence-electron chi connectivity index (χ4n) is 5.12. The second kappa shape index (κ2) is 16.3. The van der Waals surface area contributed by atoms with Crippen molar-refractivity contribution < 1.29 is 23.6 Å². The molecule has 0 saturated heterocycles. The van der Waals surface area contributed by atoms with Crippen LogP contribution in [-0.4, -0.2) is 23.5 Å². The van der Waals surface area contributed by atoms with Gasteiger partial charge in [-0.3, -0.25) is 19.2 Å². The molecule has 3 N–H and O–H groups in total. The number of hydrogen-bond donors (Lipinski definition) is 3. The average Bonchev–Trinajstić information content (AvgIpc) is 3.64. The zero-order valence-electron chi connectivity index (χ0n) is 27.5. The third kappa shape index (κ3) is 9.17. The molecule has 0 spiro atoms. The molecule has 3 amide bonds. The second-order valence-electron chi connectivity index (χ2n) is 11.5. The van der Waals surface area contributed by atoms with Crippen LogP contribution in [0.5, 0.6) is 0 Å². The fraction of sp³-hybridized carbons (Fsp3) is 0.0476. The molecule has 1 heterocycles. The SMILES string of the molecule is CC(=O)c1ccc(NC(=O)C(Sc2ccc(NC(=O)C(=Cc3ccc(-c4ccccc4)o3)NC(=O)c3ccccc3)cc2)c2ccccc2)cc1. The first-order valence-electron chi connectivity index (χ1n) is 16.1. The summed E-state index contributed by atoms with van der Waals surface area (Å²) >= 11 is 1.36. The van der Waals surface area contributed by atoms with Gasteiger partial charge in [-0.15, -0.1) is 11.8 Å². The van der Waals surface area contributed by atoms with Crippen molar-refractivity contribution in [2.45, 2.75) is 17.1 Å². The van der Waals surface area contributed by atoms with E-state index in [1.807, 2.05) is 72.8 Å². The number of furan rings is 1. The van der Waals surface area contributed by atoms with Crippen LogP contribution in [0.3, 0.4) is 0 Å². The van der Waals surface area contributed by atoms with Crippen molar-refractivity contribution >= 4 is 52.7 Å². The summed E-state index contributed by atoms with van der Waals surface area (Å²) in [4.78, 5) is 52.7. The minimum absolute atomic E-state index is 0.00610. The molecule has 51 heavy (non-hydrogen) atoms. The zero-order chi connectivity index (χ0) is 35.6. The van der Waals surface area contributed by atoms with Gasteiger partial charge in [-0.1, -0.05) is 78.9 Å². The number of benzene rings is 5. The molecule has 5 aromatic carbocycles. The Bertz CT molecular complexity index is 2160. The summed E-state index contributed by atoms with van der Waals surface area (Å²) in [5.74, 6) is -0.259. The monoisotopic (exact) mass is 691 g/mol. The summed E-state index contributed by atoms with van der Waals surface area (Å²) in [6.45, 7) is 1.49. The van der Waals surface area contributed by atoms with Crippen LogP contribution in [0.25, 0.3) is 17.4 Å². The predicted molar refractivity (Wildman–Crippen MR) is 201 cm³/mol. The molecule has 1 atom stereocenters. The molecule has 0 radical (unpaired) electrons. The van der Waals surface area contributed by atoms with E-state index in [9.17, 15) is 19.2 Å². The first kappa shape index (κ1) is 34.4. The highest BCUT2D eigenvalue weighted by atomic mass is 32.2. The van der Waals surface area contributed by atoms with E-state index >= 15 is 0 Å². The smallest absolute Gasteiger partial charge is 0.272 e. The third-order valence-electron chi connectivity index (χ3n) is 7.77. The standard InChI is InChI=1S/C42H33N3O5S/c1-28(46)29-17-19-33(20-18-29)44-42(49)39(31-13-7-3-8-14-31)51-36-24-21-34(22-25-36)43-41(48)37(45-40(47)32-15-9-4-10-16-32)27-35-23-26-38(50-35)30-11-5-2-6-12-30/h2-27,39H,1H3,(H,43,48)(H,44,49)(H,45,47). The highest BCUT2D eigenvalue weighted by molar-refractivity contribution is 8.00. The van der Waals surface area contributed by atoms with E-state index in [2.05, 4.69) is 16.0 Å². The Morgan fingerprint density at radius 1 is 0.627 bits per heavy atom. The molecule has 6 aromatic rings. The maximum atomic E-state index is 13.6. The van der Waals surface area contributed by atoms with Crippen molar-refractivity contribution in [2.75, 3.05) is 10.6 Å². The van der Waals surface area contributed by atoms with Gasteiger partial charge in [-0.25, -0.2) is 0 Å². The summed E-state index contributed by atoms with van der Waals surface area (Å²) in [5.41, 5.74) is 3.72. The van der Waals surface area contributed by atoms with Crippen molar-refractivity contribution in [3.8, 4) is 11.3 Å². The molecule has 0 aliphatic carbocycles. The summed E-state index contributed by atoms with van der Waals surface area (Å²) in [5, 5.41) is 7.97. The van der Waals surface area contributed by atoms with Crippen LogP contribution in [0.15, 0.2) is 167 Å². The number of thioether (sulfide) groups is 1. The largest absolute Gasteiger partial charge is 0.457 e. The molecule has 1 aromatic heterocycles. The molecule has 0 bridgehead atoms. The van der Waals surface area contributed by atoms with Crippen molar-refractivity contribution in [1.29, 1.82) is 0 Å². The highest BCUT2D eigenvalue weighted by Crippen LogP contribution is 2.37. The predicted octanol–water partition coefficient (Wildman–Crippen LogP) is 9.03. The molecule has 6 rings (SSSR count). The van der Waals surface area contributed by atoms with Crippen LogP contribution >= 0.6 is 11.8 Å². The molecule has 1 unspecified atom stereocenters. The highest BCUT2D eigenvalue weighted by Gasteiger charge is 2.23. The summed E-state index contributed by atoms with van der Waals surface area (Å²) in [6, 6.07) is 45.0. The Kier molecular flexibility index (Phi) is 11.0. The van der Waals surface area contributed by atoms with E-state index in [4.69, 9.17) is 4.42 Å². The lowest BCUT2D eigenvalue weighted by Gasteiger charge is -2.18. The minimum atomic E-state index is -0.587. The topological polar surface area (TPSA) is 118 Å². The molecular weight excluding hydrogens is 659 g/mol. The first-order valence-corrected chi connectivity index (χ1v) is 17.0. The zero-order valence-corrected chi connectivity index (χ0v) is 28.4. The Labute approximate surface area is 299 Å². The van der Waals surface area contributed by atoms with Gasteiger partial charge in [0, 0.05) is 39.0 Å². The number of ketones is 1. The van der Waals surface area contributed by atoms with Crippen LogP contribution in [0.1, 0.15) is 44.2 Å². The number of nitrogens with one attached hydrogen (secondary N) is 3. The lowest BCUT2D eigenvalue weighted by Crippen LogP contribution is -2.30. The van der Waals surface area contributed by atoms with E-state index in [0.29, 0.717) is 34.0 Å². The lowest BCUT2D eigenvalue weighted by atomic mass is 10.1. The molecule has 9 heteroatoms. The third-order valence-corrected chi connectivity index (χ3v) is 9.03. The van der Waals surface area contributed by atoms with Gasteiger partial charge in [-0.2, -0.15) is 0 Å². The van der Waals surface area contributed by atoms with E-state index in [1.54, 1.807) is 78.9 Å². The van der Waals surface area contributed by atoms with Gasteiger partial charge < -0.3 is 20.4 Å². The van der Waals surface area contributed by atoms with E-state index in [1.165, 1.54) is 24.8 Å². The van der Waals surface area contributed by atoms with Crippen LogP contribution < -0.4 is 16.0 Å². The summed E-state index contributed by atoms with van der Waals surface area (Å²) in [6.07, 6.45) is 1.49. The Morgan fingerprint density at radius 3 is 1.86 bits per heavy atom. The van der Waals surface area contributed by atoms with Crippen LogP contribution in [0.2, 0.25) is 0 Å². The molecule has 252 valence electrons. The van der Waals surface area contributed by atoms with Gasteiger partial charge in [0.2, 0.25) is 5.91 Å². The number of carbonyl (C=O) groups is 4. The van der Waals surface area contributed by atoms with Gasteiger partial charge in [0.1, 0.15) is 22.5 Å². The van der Waals surface area contributed by atoms with Gasteiger partial charge in [0.05, 0.1) is 0 Å². The molecule has 0 aliphatic rings. The fourth-order valence-corrected chi connectivity index (χ4v) is 6.15. The van der Waals surface area contributed by atoms with E-state index in [0.717, 1.165) is 16.0 Å². The molecule has 0 aliphatic heterocycles. The normalized spacial score (nSPS) is 11.7. The van der Waals surface area contributed by atoms with Crippen LogP contribution in [-0.2, 0) is 9.59 Å². The Morgan fingerprint density at radius 2 is 1.22 bits per heavy atom. The van der Waals surface area contributed by atoms with Gasteiger partial charge >= 0.3 is 0 Å². The van der Waals surface area contributed by atoms with Gasteiger partial charge in [0.25, 0.3) is 11.8 Å². The number of anilines is 2. The van der Waals surface area contributed by atoms with Gasteiger partial charge in [-0.05, 0) is 85.3 Å². The maximum absolute atomic E-state index is 13.6. The minimum Gasteiger partial charge on any atom is -0.457 e. The summed E-state index contributed by atoms with van der Waals surface area (Å²) < 4.78 is 5.99.